The molecule has 0 saturated carbocycles. The van der Waals surface area contributed by atoms with E-state index >= 15 is 0 Å². The molecule has 0 amide bonds. The molecule has 0 aliphatic heterocycles. The number of halogens is 1. The Bertz CT molecular complexity index is 538. The molecule has 4 nitrogen and oxygen atoms in total. The third-order valence-corrected chi connectivity index (χ3v) is 2.53. The van der Waals surface area contributed by atoms with E-state index in [0.717, 1.165) is 0 Å². The highest BCUT2D eigenvalue weighted by Crippen LogP contribution is 2.21. The molecule has 0 fully saturated rings. The Morgan fingerprint density at radius 1 is 1.44 bits per heavy atom. The molecule has 1 atom stereocenters. The van der Waals surface area contributed by atoms with Gasteiger partial charge in [-0.3, -0.25) is 0 Å². The van der Waals surface area contributed by atoms with Crippen molar-refractivity contribution in [1.82, 2.24) is 5.16 Å². The van der Waals surface area contributed by atoms with Gasteiger partial charge in [0.05, 0.1) is 0 Å². The molecule has 18 heavy (non-hydrogen) atoms. The van der Waals surface area contributed by atoms with Gasteiger partial charge in [-0.05, 0) is 19.9 Å². The van der Waals surface area contributed by atoms with Gasteiger partial charge in [0.25, 0.3) is 0 Å². The first-order valence-corrected chi connectivity index (χ1v) is 5.66. The summed E-state index contributed by atoms with van der Waals surface area (Å²) in [5.74, 6) is 0.795. The molecule has 2 rings (SSSR count). The Hall–Kier alpha value is -1.88. The van der Waals surface area contributed by atoms with Crippen LogP contribution in [0, 0.1) is 12.7 Å². The van der Waals surface area contributed by atoms with E-state index in [9.17, 15) is 4.39 Å². The van der Waals surface area contributed by atoms with Crippen LogP contribution in [-0.4, -0.2) is 5.16 Å². The maximum atomic E-state index is 13.6. The van der Waals surface area contributed by atoms with Crippen molar-refractivity contribution >= 4 is 0 Å². The lowest BCUT2D eigenvalue weighted by atomic mass is 10.1. The van der Waals surface area contributed by atoms with Crippen molar-refractivity contribution in [3.63, 3.8) is 0 Å². The Morgan fingerprint density at radius 3 is 2.78 bits per heavy atom. The van der Waals surface area contributed by atoms with Crippen LogP contribution >= 0.6 is 0 Å². The third kappa shape index (κ3) is 2.87. The van der Waals surface area contributed by atoms with Crippen molar-refractivity contribution in [3.8, 4) is 5.75 Å². The summed E-state index contributed by atoms with van der Waals surface area (Å²) in [7, 11) is 0. The van der Waals surface area contributed by atoms with E-state index in [1.807, 2.05) is 0 Å². The van der Waals surface area contributed by atoms with Crippen molar-refractivity contribution in [1.29, 1.82) is 0 Å². The number of aromatic nitrogens is 1. The molecule has 0 radical (unpaired) electrons. The van der Waals surface area contributed by atoms with Crippen molar-refractivity contribution in [2.75, 3.05) is 0 Å². The smallest absolute Gasteiger partial charge is 0.134 e. The Morgan fingerprint density at radius 2 is 2.22 bits per heavy atom. The highest BCUT2D eigenvalue weighted by atomic mass is 19.1. The van der Waals surface area contributed by atoms with Crippen LogP contribution in [0.1, 0.15) is 30.0 Å². The van der Waals surface area contributed by atoms with Crippen molar-refractivity contribution < 1.29 is 13.7 Å². The van der Waals surface area contributed by atoms with Gasteiger partial charge < -0.3 is 15.0 Å². The number of hydrogen-bond acceptors (Lipinski definition) is 4. The van der Waals surface area contributed by atoms with Crippen LogP contribution in [-0.2, 0) is 6.61 Å². The van der Waals surface area contributed by atoms with Crippen LogP contribution < -0.4 is 10.5 Å². The van der Waals surface area contributed by atoms with Crippen molar-refractivity contribution in [3.05, 3.63) is 47.1 Å². The quantitative estimate of drug-likeness (QED) is 0.906. The van der Waals surface area contributed by atoms with Gasteiger partial charge >= 0.3 is 0 Å². The molecule has 0 spiro atoms. The Kier molecular flexibility index (Phi) is 3.62. The molecule has 0 bridgehead atoms. The second kappa shape index (κ2) is 5.18. The molecule has 1 aromatic heterocycles. The van der Waals surface area contributed by atoms with Crippen molar-refractivity contribution in [2.45, 2.75) is 26.5 Å². The van der Waals surface area contributed by atoms with Crippen LogP contribution in [0.5, 0.6) is 5.75 Å². The number of hydrogen-bond donors (Lipinski definition) is 1. The molecule has 2 N–H and O–H groups in total. The fourth-order valence-electron chi connectivity index (χ4n) is 1.61. The van der Waals surface area contributed by atoms with Gasteiger partial charge in [-0.2, -0.15) is 0 Å². The fourth-order valence-corrected chi connectivity index (χ4v) is 1.61. The number of nitrogens with zero attached hydrogens (tertiary/aromatic N) is 1. The van der Waals surface area contributed by atoms with Gasteiger partial charge in [0.2, 0.25) is 0 Å². The number of rotatable bonds is 4. The standard InChI is InChI=1S/C13H15FN2O2/c1-8-5-10(16-18-8)7-17-11-3-4-12(9(2)15)13(14)6-11/h3-6,9H,7,15H2,1-2H3/t9-/m1/s1. The first-order valence-electron chi connectivity index (χ1n) is 5.66. The number of aryl methyl sites for hydroxylation is 1. The molecule has 0 unspecified atom stereocenters. The molecular weight excluding hydrogens is 235 g/mol. The van der Waals surface area contributed by atoms with E-state index in [1.165, 1.54) is 6.07 Å². The van der Waals surface area contributed by atoms with Crippen LogP contribution in [0.2, 0.25) is 0 Å². The molecule has 96 valence electrons. The lowest BCUT2D eigenvalue weighted by molar-refractivity contribution is 0.286. The summed E-state index contributed by atoms with van der Waals surface area (Å²) in [6.07, 6.45) is 0. The lowest BCUT2D eigenvalue weighted by Crippen LogP contribution is -2.07. The molecule has 0 saturated heterocycles. The predicted octanol–water partition coefficient (Wildman–Crippen LogP) is 2.72. The molecule has 2 aromatic rings. The summed E-state index contributed by atoms with van der Waals surface area (Å²) in [5.41, 5.74) is 6.77. The van der Waals surface area contributed by atoms with Gasteiger partial charge in [0.15, 0.2) is 0 Å². The average Bonchev–Trinajstić information content (AvgIpc) is 2.72. The second-order valence-corrected chi connectivity index (χ2v) is 4.19. The summed E-state index contributed by atoms with van der Waals surface area (Å²) < 4.78 is 24.0. The molecule has 0 aliphatic rings. The summed E-state index contributed by atoms with van der Waals surface area (Å²) >= 11 is 0. The summed E-state index contributed by atoms with van der Waals surface area (Å²) in [6.45, 7) is 3.78. The fraction of sp³-hybridized carbons (Fsp3) is 0.308. The largest absolute Gasteiger partial charge is 0.487 e. The maximum Gasteiger partial charge on any atom is 0.134 e. The number of nitrogens with two attached hydrogens (primary N) is 1. The highest BCUT2D eigenvalue weighted by molar-refractivity contribution is 5.30. The van der Waals surface area contributed by atoms with Gasteiger partial charge in [-0.1, -0.05) is 11.2 Å². The first-order chi connectivity index (χ1) is 8.56. The van der Waals surface area contributed by atoms with Gasteiger partial charge in [0.1, 0.15) is 29.6 Å². The van der Waals surface area contributed by atoms with Crippen LogP contribution in [0.4, 0.5) is 4.39 Å². The SMILES string of the molecule is Cc1cc(COc2ccc([C@@H](C)N)c(F)c2)no1. The zero-order chi connectivity index (χ0) is 13.1. The molecule has 0 aliphatic carbocycles. The predicted molar refractivity (Wildman–Crippen MR) is 64.6 cm³/mol. The minimum absolute atomic E-state index is 0.244. The summed E-state index contributed by atoms with van der Waals surface area (Å²) in [6, 6.07) is 6.08. The average molecular weight is 250 g/mol. The topological polar surface area (TPSA) is 61.3 Å². The van der Waals surface area contributed by atoms with E-state index < -0.39 is 0 Å². The Labute approximate surface area is 105 Å². The second-order valence-electron chi connectivity index (χ2n) is 4.19. The zero-order valence-corrected chi connectivity index (χ0v) is 10.3. The van der Waals surface area contributed by atoms with Crippen LogP contribution in [0.3, 0.4) is 0 Å². The number of benzene rings is 1. The Balaban J connectivity index is 2.04. The van der Waals surface area contributed by atoms with Crippen molar-refractivity contribution in [2.24, 2.45) is 5.73 Å². The van der Waals surface area contributed by atoms with E-state index in [4.69, 9.17) is 15.0 Å². The molecular formula is C13H15FN2O2. The zero-order valence-electron chi connectivity index (χ0n) is 10.3. The van der Waals surface area contributed by atoms with Gasteiger partial charge in [-0.25, -0.2) is 4.39 Å². The minimum atomic E-state index is -0.362. The monoisotopic (exact) mass is 250 g/mol. The number of ether oxygens (including phenoxy) is 1. The van der Waals surface area contributed by atoms with Gasteiger partial charge in [0, 0.05) is 23.7 Å². The molecule has 5 heteroatoms. The minimum Gasteiger partial charge on any atom is -0.487 e. The first kappa shape index (κ1) is 12.6. The summed E-state index contributed by atoms with van der Waals surface area (Å²) in [5, 5.41) is 3.79. The van der Waals surface area contributed by atoms with E-state index in [0.29, 0.717) is 22.8 Å². The molecule has 1 aromatic carbocycles. The maximum absolute atomic E-state index is 13.6. The highest BCUT2D eigenvalue weighted by Gasteiger charge is 2.08. The molecule has 1 heterocycles. The van der Waals surface area contributed by atoms with Crippen LogP contribution in [0.15, 0.2) is 28.8 Å². The van der Waals surface area contributed by atoms with E-state index in [1.54, 1.807) is 32.0 Å². The van der Waals surface area contributed by atoms with E-state index in [-0.39, 0.29) is 18.5 Å². The van der Waals surface area contributed by atoms with E-state index in [2.05, 4.69) is 5.16 Å². The third-order valence-electron chi connectivity index (χ3n) is 2.53. The summed E-state index contributed by atoms with van der Waals surface area (Å²) in [4.78, 5) is 0. The van der Waals surface area contributed by atoms with Gasteiger partial charge in [-0.15, -0.1) is 0 Å². The van der Waals surface area contributed by atoms with Crippen LogP contribution in [0.25, 0.3) is 0 Å². The normalized spacial score (nSPS) is 12.4. The lowest BCUT2D eigenvalue weighted by Gasteiger charge is -2.09.